The van der Waals surface area contributed by atoms with Crippen LogP contribution in [0.25, 0.3) is 11.3 Å². The average molecular weight is 490 g/mol. The van der Waals surface area contributed by atoms with Gasteiger partial charge in [-0.1, -0.05) is 36.4 Å². The summed E-state index contributed by atoms with van der Waals surface area (Å²) in [7, 11) is 0. The first-order chi connectivity index (χ1) is 17.3. The molecule has 4 heterocycles. The number of hydrogen-bond donors (Lipinski definition) is 0. The largest absolute Gasteiger partial charge is 0.454 e. The van der Waals surface area contributed by atoms with E-state index in [2.05, 4.69) is 15.0 Å². The number of fused-ring (bicyclic) bond motifs is 1. The van der Waals surface area contributed by atoms with Gasteiger partial charge in [-0.25, -0.2) is 4.79 Å². The number of halogens is 2. The van der Waals surface area contributed by atoms with Gasteiger partial charge in [-0.3, -0.25) is 19.7 Å². The van der Waals surface area contributed by atoms with Gasteiger partial charge in [0.15, 0.2) is 11.6 Å². The predicted octanol–water partition coefficient (Wildman–Crippen LogP) is 4.80. The van der Waals surface area contributed by atoms with Crippen molar-refractivity contribution in [1.29, 1.82) is 0 Å². The molecule has 0 unspecified atom stereocenters. The number of rotatable bonds is 6. The Balaban J connectivity index is 1.51. The second-order valence-corrected chi connectivity index (χ2v) is 8.27. The summed E-state index contributed by atoms with van der Waals surface area (Å²) in [6.07, 6.45) is 3.22. The van der Waals surface area contributed by atoms with Gasteiger partial charge in [-0.05, 0) is 35.7 Å². The van der Waals surface area contributed by atoms with Crippen molar-refractivity contribution < 1.29 is 27.5 Å². The normalized spacial score (nSPS) is 13.4. The van der Waals surface area contributed by atoms with Crippen molar-refractivity contribution >= 4 is 17.7 Å². The van der Waals surface area contributed by atoms with Crippen LogP contribution in [0.4, 0.5) is 14.6 Å². The van der Waals surface area contributed by atoms with E-state index in [0.29, 0.717) is 6.42 Å². The maximum atomic E-state index is 13.7. The Morgan fingerprint density at radius 2 is 1.92 bits per heavy atom. The molecular formula is C26H20F2N4O4. The first-order valence-electron chi connectivity index (χ1n) is 11.1. The van der Waals surface area contributed by atoms with Crippen molar-refractivity contribution in [2.75, 3.05) is 11.4 Å². The number of oxazole rings is 1. The lowest BCUT2D eigenvalue weighted by Gasteiger charge is -2.26. The molecule has 0 N–H and O–H groups in total. The fraction of sp³-hybridized carbons (Fsp3) is 0.192. The maximum absolute atomic E-state index is 13.7. The summed E-state index contributed by atoms with van der Waals surface area (Å²) in [5.74, 6) is -4.67. The molecular weight excluding hydrogens is 470 g/mol. The van der Waals surface area contributed by atoms with Gasteiger partial charge >= 0.3 is 11.9 Å². The number of carbonyl (C=O) groups is 2. The number of amides is 1. The van der Waals surface area contributed by atoms with E-state index < -0.39 is 23.5 Å². The molecule has 1 aliphatic heterocycles. The molecule has 0 aliphatic carbocycles. The zero-order valence-corrected chi connectivity index (χ0v) is 19.1. The molecule has 8 nitrogen and oxygen atoms in total. The average Bonchev–Trinajstić information content (AvgIpc) is 3.33. The fourth-order valence-electron chi connectivity index (χ4n) is 3.84. The Hall–Kier alpha value is -4.47. The maximum Gasteiger partial charge on any atom is 0.395 e. The third-order valence-corrected chi connectivity index (χ3v) is 5.67. The molecule has 0 spiro atoms. The van der Waals surface area contributed by atoms with Gasteiger partial charge in [0.05, 0.1) is 0 Å². The summed E-state index contributed by atoms with van der Waals surface area (Å²) in [6.45, 7) is 0.995. The van der Waals surface area contributed by atoms with Crippen LogP contribution in [0.5, 0.6) is 0 Å². The number of hydrogen-bond acceptors (Lipinski definition) is 7. The number of ether oxygens (including phenoxy) is 1. The molecule has 182 valence electrons. The van der Waals surface area contributed by atoms with Crippen LogP contribution < -0.4 is 4.90 Å². The number of anilines is 1. The molecule has 0 saturated carbocycles. The zero-order valence-electron chi connectivity index (χ0n) is 19.1. The first-order valence-corrected chi connectivity index (χ1v) is 11.1. The number of benzene rings is 1. The van der Waals surface area contributed by atoms with E-state index in [4.69, 9.17) is 9.15 Å². The number of pyridine rings is 2. The van der Waals surface area contributed by atoms with Crippen LogP contribution in [0.1, 0.15) is 44.9 Å². The van der Waals surface area contributed by atoms with Gasteiger partial charge in [0.2, 0.25) is 0 Å². The van der Waals surface area contributed by atoms with E-state index in [1.54, 1.807) is 18.2 Å². The lowest BCUT2D eigenvalue weighted by Crippen LogP contribution is -2.38. The van der Waals surface area contributed by atoms with Crippen molar-refractivity contribution in [3.8, 4) is 11.3 Å². The van der Waals surface area contributed by atoms with E-state index in [9.17, 15) is 18.4 Å². The van der Waals surface area contributed by atoms with Gasteiger partial charge in [0.25, 0.3) is 11.8 Å². The lowest BCUT2D eigenvalue weighted by molar-refractivity contribution is 0.0128. The minimum absolute atomic E-state index is 0.00546. The minimum Gasteiger partial charge on any atom is -0.454 e. The highest BCUT2D eigenvalue weighted by Gasteiger charge is 2.34. The SMILES string of the molecule is CC(F)(F)c1ccc(-c2oc(C(=O)OCc3ccccc3)nc2N2CCc3cccnc3C2=O)cn1. The molecule has 4 aromatic rings. The number of esters is 1. The predicted molar refractivity (Wildman–Crippen MR) is 124 cm³/mol. The van der Waals surface area contributed by atoms with E-state index in [0.717, 1.165) is 24.1 Å². The zero-order chi connectivity index (χ0) is 25.3. The van der Waals surface area contributed by atoms with E-state index in [1.165, 1.54) is 23.4 Å². The molecule has 10 heteroatoms. The quantitative estimate of drug-likeness (QED) is 0.358. The Bertz CT molecular complexity index is 1420. The van der Waals surface area contributed by atoms with Crippen LogP contribution in [0.15, 0.2) is 71.4 Å². The third-order valence-electron chi connectivity index (χ3n) is 5.67. The number of alkyl halides is 2. The van der Waals surface area contributed by atoms with Crippen molar-refractivity contribution in [2.24, 2.45) is 0 Å². The second-order valence-electron chi connectivity index (χ2n) is 8.27. The van der Waals surface area contributed by atoms with Crippen molar-refractivity contribution in [2.45, 2.75) is 25.9 Å². The highest BCUT2D eigenvalue weighted by atomic mass is 19.3. The molecule has 0 fully saturated rings. The molecule has 0 saturated heterocycles. The Kier molecular flexibility index (Phi) is 6.01. The lowest BCUT2D eigenvalue weighted by atomic mass is 10.0. The van der Waals surface area contributed by atoms with E-state index >= 15 is 0 Å². The van der Waals surface area contributed by atoms with Gasteiger partial charge in [-0.2, -0.15) is 13.8 Å². The molecule has 0 bridgehead atoms. The summed E-state index contributed by atoms with van der Waals surface area (Å²) < 4.78 is 38.4. The summed E-state index contributed by atoms with van der Waals surface area (Å²) >= 11 is 0. The topological polar surface area (TPSA) is 98.4 Å². The van der Waals surface area contributed by atoms with E-state index in [1.807, 2.05) is 24.3 Å². The molecule has 1 aliphatic rings. The monoisotopic (exact) mass is 490 g/mol. The van der Waals surface area contributed by atoms with Crippen LogP contribution in [0.2, 0.25) is 0 Å². The second kappa shape index (κ2) is 9.29. The minimum atomic E-state index is -3.13. The van der Waals surface area contributed by atoms with Crippen LogP contribution >= 0.6 is 0 Å². The number of nitrogens with zero attached hydrogens (tertiary/aromatic N) is 4. The Morgan fingerprint density at radius 3 is 2.64 bits per heavy atom. The van der Waals surface area contributed by atoms with Crippen molar-refractivity contribution in [3.05, 3.63) is 95.4 Å². The van der Waals surface area contributed by atoms with Crippen LogP contribution in [0.3, 0.4) is 0 Å². The first kappa shape index (κ1) is 23.3. The summed E-state index contributed by atoms with van der Waals surface area (Å²) in [4.78, 5) is 39.6. The Morgan fingerprint density at radius 1 is 1.11 bits per heavy atom. The Labute approximate surface area is 204 Å². The fourth-order valence-corrected chi connectivity index (χ4v) is 3.84. The molecule has 36 heavy (non-hydrogen) atoms. The molecule has 0 atom stereocenters. The molecule has 5 rings (SSSR count). The number of carbonyl (C=O) groups excluding carboxylic acids is 2. The van der Waals surface area contributed by atoms with E-state index in [-0.39, 0.29) is 41.9 Å². The molecule has 1 amide bonds. The van der Waals surface area contributed by atoms with Crippen LogP contribution in [-0.2, 0) is 23.7 Å². The summed E-state index contributed by atoms with van der Waals surface area (Å²) in [5, 5.41) is 0. The summed E-state index contributed by atoms with van der Waals surface area (Å²) in [5.41, 5.74) is 1.67. The standard InChI is InChI=1S/C26H20F2N4O4/c1-26(27,28)19-10-9-18(14-30-19)21-22(32-13-11-17-8-5-12-29-20(17)24(32)33)31-23(36-21)25(34)35-15-16-6-3-2-4-7-16/h2-10,12,14H,11,13,15H2,1H3. The van der Waals surface area contributed by atoms with Gasteiger partial charge in [0.1, 0.15) is 18.0 Å². The molecule has 3 aromatic heterocycles. The van der Waals surface area contributed by atoms with Crippen LogP contribution in [0, 0.1) is 0 Å². The highest BCUT2D eigenvalue weighted by molar-refractivity contribution is 6.08. The van der Waals surface area contributed by atoms with Gasteiger partial charge in [0, 0.05) is 31.4 Å². The highest BCUT2D eigenvalue weighted by Crippen LogP contribution is 2.35. The third kappa shape index (κ3) is 4.57. The molecule has 1 aromatic carbocycles. The molecule has 0 radical (unpaired) electrons. The van der Waals surface area contributed by atoms with Crippen LogP contribution in [-0.4, -0.2) is 33.4 Å². The smallest absolute Gasteiger partial charge is 0.395 e. The van der Waals surface area contributed by atoms with Crippen molar-refractivity contribution in [3.63, 3.8) is 0 Å². The summed E-state index contributed by atoms with van der Waals surface area (Å²) in [6, 6.07) is 15.2. The van der Waals surface area contributed by atoms with Crippen molar-refractivity contribution in [1.82, 2.24) is 15.0 Å². The number of aromatic nitrogens is 3. The van der Waals surface area contributed by atoms with Gasteiger partial charge in [-0.15, -0.1) is 0 Å². The van der Waals surface area contributed by atoms with Gasteiger partial charge < -0.3 is 9.15 Å².